The molecule has 1 aliphatic rings. The molecule has 11 heteroatoms. The minimum absolute atomic E-state index is 0.247. The Kier molecular flexibility index (Phi) is 6.57. The third-order valence-corrected chi connectivity index (χ3v) is 6.61. The summed E-state index contributed by atoms with van der Waals surface area (Å²) < 4.78 is 40.6. The second-order valence-electron chi connectivity index (χ2n) is 8.46. The van der Waals surface area contributed by atoms with Crippen LogP contribution in [-0.4, -0.2) is 32.6 Å². The van der Waals surface area contributed by atoms with E-state index in [1.807, 2.05) is 4.57 Å². The van der Waals surface area contributed by atoms with Crippen molar-refractivity contribution in [3.8, 4) is 11.4 Å². The van der Waals surface area contributed by atoms with E-state index in [1.165, 1.54) is 12.1 Å². The van der Waals surface area contributed by atoms with Crippen LogP contribution in [0.25, 0.3) is 22.6 Å². The van der Waals surface area contributed by atoms with Crippen LogP contribution in [0.1, 0.15) is 18.4 Å². The highest BCUT2D eigenvalue weighted by Crippen LogP contribution is 2.36. The topological polar surface area (TPSA) is 67.7 Å². The first-order valence-corrected chi connectivity index (χ1v) is 11.9. The summed E-state index contributed by atoms with van der Waals surface area (Å²) in [6.45, 7) is 2.52. The van der Waals surface area contributed by atoms with Gasteiger partial charge < -0.3 is 15.2 Å². The van der Waals surface area contributed by atoms with Gasteiger partial charge in [-0.1, -0.05) is 29.3 Å². The molecule has 1 saturated heterocycles. The van der Waals surface area contributed by atoms with Gasteiger partial charge in [0.15, 0.2) is 5.65 Å². The highest BCUT2D eigenvalue weighted by molar-refractivity contribution is 6.39. The van der Waals surface area contributed by atoms with Gasteiger partial charge in [0.1, 0.15) is 11.3 Å². The third-order valence-electron chi connectivity index (χ3n) is 5.98. The Morgan fingerprint density at radius 3 is 2.46 bits per heavy atom. The van der Waals surface area contributed by atoms with Crippen LogP contribution in [0.4, 0.5) is 24.8 Å². The van der Waals surface area contributed by atoms with Crippen LogP contribution in [0, 0.1) is 5.92 Å². The van der Waals surface area contributed by atoms with E-state index in [0.29, 0.717) is 50.7 Å². The Balaban J connectivity index is 1.55. The maximum Gasteiger partial charge on any atom is 0.416 e. The monoisotopic (exact) mass is 520 g/mol. The standard InChI is InChI=1S/C24H21Cl2F3N6/c25-17-4-1-5-18(26)20(17)22-33-19-12-31-23(32-16-8-6-15(7-9-16)24(27,28)29)34-21(19)35(22)13-14-3-2-10-30-11-14/h1,4-9,12,14,30H,2-3,10-11,13H2,(H,31,32,34)/t14-/m1/s1. The van der Waals surface area contributed by atoms with Gasteiger partial charge in [-0.3, -0.25) is 0 Å². The summed E-state index contributed by atoms with van der Waals surface area (Å²) in [5.74, 6) is 1.21. The summed E-state index contributed by atoms with van der Waals surface area (Å²) >= 11 is 13.0. The fourth-order valence-corrected chi connectivity index (χ4v) is 4.83. The number of benzene rings is 2. The molecule has 0 spiro atoms. The average Bonchev–Trinajstić information content (AvgIpc) is 3.17. The maximum atomic E-state index is 12.9. The molecule has 2 aromatic heterocycles. The Bertz CT molecular complexity index is 1330. The van der Waals surface area contributed by atoms with Crippen molar-refractivity contribution >= 4 is 46.0 Å². The molecular weight excluding hydrogens is 500 g/mol. The number of aromatic nitrogens is 4. The minimum Gasteiger partial charge on any atom is -0.324 e. The van der Waals surface area contributed by atoms with Crippen molar-refractivity contribution in [2.75, 3.05) is 18.4 Å². The number of hydrogen-bond acceptors (Lipinski definition) is 5. The number of alkyl halides is 3. The van der Waals surface area contributed by atoms with Crippen molar-refractivity contribution < 1.29 is 13.2 Å². The van der Waals surface area contributed by atoms with Crippen LogP contribution in [-0.2, 0) is 12.7 Å². The van der Waals surface area contributed by atoms with Crippen LogP contribution >= 0.6 is 23.2 Å². The van der Waals surface area contributed by atoms with E-state index in [-0.39, 0.29) is 5.95 Å². The van der Waals surface area contributed by atoms with Crippen molar-refractivity contribution in [1.29, 1.82) is 0 Å². The first kappa shape index (κ1) is 23.8. The molecule has 0 unspecified atom stereocenters. The van der Waals surface area contributed by atoms with Crippen molar-refractivity contribution in [3.63, 3.8) is 0 Å². The van der Waals surface area contributed by atoms with Crippen LogP contribution in [0.5, 0.6) is 0 Å². The smallest absolute Gasteiger partial charge is 0.324 e. The van der Waals surface area contributed by atoms with Crippen molar-refractivity contribution in [2.24, 2.45) is 5.92 Å². The lowest BCUT2D eigenvalue weighted by molar-refractivity contribution is -0.137. The lowest BCUT2D eigenvalue weighted by Gasteiger charge is -2.24. The number of fused-ring (bicyclic) bond motifs is 1. The lowest BCUT2D eigenvalue weighted by atomic mass is 9.99. The third kappa shape index (κ3) is 5.07. The molecule has 2 aromatic carbocycles. The minimum atomic E-state index is -4.40. The van der Waals surface area contributed by atoms with E-state index >= 15 is 0 Å². The Hall–Kier alpha value is -2.88. The van der Waals surface area contributed by atoms with Crippen LogP contribution in [0.2, 0.25) is 10.0 Å². The number of piperidine rings is 1. The van der Waals surface area contributed by atoms with Crippen molar-refractivity contribution in [2.45, 2.75) is 25.6 Å². The second-order valence-corrected chi connectivity index (χ2v) is 9.27. The predicted octanol–water partition coefficient (Wildman–Crippen LogP) is 6.56. The van der Waals surface area contributed by atoms with Crippen LogP contribution in [0.15, 0.2) is 48.7 Å². The van der Waals surface area contributed by atoms with E-state index in [2.05, 4.69) is 20.6 Å². The Morgan fingerprint density at radius 2 is 1.80 bits per heavy atom. The molecule has 5 rings (SSSR count). The van der Waals surface area contributed by atoms with E-state index in [9.17, 15) is 13.2 Å². The zero-order valence-corrected chi connectivity index (χ0v) is 19.9. The summed E-state index contributed by atoms with van der Waals surface area (Å²) in [6.07, 6.45) is -0.678. The van der Waals surface area contributed by atoms with Gasteiger partial charge in [-0.25, -0.2) is 9.97 Å². The first-order chi connectivity index (χ1) is 16.8. The zero-order valence-electron chi connectivity index (χ0n) is 18.4. The molecule has 1 fully saturated rings. The number of rotatable bonds is 5. The molecule has 0 aliphatic carbocycles. The Morgan fingerprint density at radius 1 is 1.06 bits per heavy atom. The fraction of sp³-hybridized carbons (Fsp3) is 0.292. The number of imidazole rings is 1. The molecule has 4 aromatic rings. The summed E-state index contributed by atoms with van der Waals surface area (Å²) in [5.41, 5.74) is 1.49. The zero-order chi connectivity index (χ0) is 24.6. The molecule has 0 bridgehead atoms. The van der Waals surface area contributed by atoms with Gasteiger partial charge in [0.05, 0.1) is 27.4 Å². The van der Waals surface area contributed by atoms with Gasteiger partial charge >= 0.3 is 6.18 Å². The van der Waals surface area contributed by atoms with Gasteiger partial charge in [0.2, 0.25) is 5.95 Å². The molecule has 0 amide bonds. The summed E-state index contributed by atoms with van der Waals surface area (Å²) in [5, 5.41) is 7.36. The quantitative estimate of drug-likeness (QED) is 0.311. The van der Waals surface area contributed by atoms with Gasteiger partial charge in [-0.2, -0.15) is 18.2 Å². The Labute approximate surface area is 209 Å². The number of anilines is 2. The largest absolute Gasteiger partial charge is 0.416 e. The highest BCUT2D eigenvalue weighted by atomic mass is 35.5. The van der Waals surface area contributed by atoms with Crippen molar-refractivity contribution in [1.82, 2.24) is 24.8 Å². The number of hydrogen-bond donors (Lipinski definition) is 2. The lowest BCUT2D eigenvalue weighted by Crippen LogP contribution is -2.32. The maximum absolute atomic E-state index is 12.9. The molecule has 3 heterocycles. The van der Waals surface area contributed by atoms with Crippen LogP contribution < -0.4 is 10.6 Å². The number of halogens is 5. The van der Waals surface area contributed by atoms with E-state index < -0.39 is 11.7 Å². The van der Waals surface area contributed by atoms with Gasteiger partial charge in [0.25, 0.3) is 0 Å². The van der Waals surface area contributed by atoms with E-state index in [0.717, 1.165) is 38.1 Å². The van der Waals surface area contributed by atoms with Crippen molar-refractivity contribution in [3.05, 3.63) is 64.3 Å². The summed E-state index contributed by atoms with van der Waals surface area (Å²) in [4.78, 5) is 13.7. The summed E-state index contributed by atoms with van der Waals surface area (Å²) in [6, 6.07) is 10.0. The fourth-order valence-electron chi connectivity index (χ4n) is 4.26. The molecule has 0 radical (unpaired) electrons. The predicted molar refractivity (Wildman–Crippen MR) is 131 cm³/mol. The van der Waals surface area contributed by atoms with E-state index in [1.54, 1.807) is 24.4 Å². The molecular formula is C24H21Cl2F3N6. The molecule has 2 N–H and O–H groups in total. The number of nitrogens with one attached hydrogen (secondary N) is 2. The SMILES string of the molecule is FC(F)(F)c1ccc(Nc2ncc3nc(-c4c(Cl)cccc4Cl)n(C[C@@H]4CCCNC4)c3n2)cc1. The molecule has 1 aliphatic heterocycles. The first-order valence-electron chi connectivity index (χ1n) is 11.1. The average molecular weight is 521 g/mol. The van der Waals surface area contributed by atoms with Crippen LogP contribution in [0.3, 0.4) is 0 Å². The van der Waals surface area contributed by atoms with E-state index in [4.69, 9.17) is 28.2 Å². The summed E-state index contributed by atoms with van der Waals surface area (Å²) in [7, 11) is 0. The van der Waals surface area contributed by atoms with Gasteiger partial charge in [-0.05, 0) is 68.2 Å². The molecule has 35 heavy (non-hydrogen) atoms. The normalized spacial score (nSPS) is 16.5. The molecule has 0 saturated carbocycles. The molecule has 1 atom stereocenters. The molecule has 6 nitrogen and oxygen atoms in total. The van der Waals surface area contributed by atoms with Gasteiger partial charge in [0, 0.05) is 12.2 Å². The number of nitrogens with zero attached hydrogens (tertiary/aromatic N) is 4. The second kappa shape index (κ2) is 9.64. The van der Waals surface area contributed by atoms with Gasteiger partial charge in [-0.15, -0.1) is 0 Å². The highest BCUT2D eigenvalue weighted by Gasteiger charge is 2.30. The molecule has 182 valence electrons.